The van der Waals surface area contributed by atoms with Gasteiger partial charge < -0.3 is 11.1 Å². The number of thiazole rings is 1. The Hall–Kier alpha value is -1.39. The van der Waals surface area contributed by atoms with Crippen molar-refractivity contribution in [2.75, 3.05) is 12.3 Å². The molecule has 0 aliphatic rings. The molecule has 1 aromatic heterocycles. The number of aromatic nitrogens is 1. The molecule has 4 heteroatoms. The van der Waals surface area contributed by atoms with Crippen LogP contribution >= 0.6 is 11.3 Å². The second kappa shape index (κ2) is 6.52. The van der Waals surface area contributed by atoms with E-state index in [0.29, 0.717) is 0 Å². The summed E-state index contributed by atoms with van der Waals surface area (Å²) in [4.78, 5) is 5.57. The van der Waals surface area contributed by atoms with Gasteiger partial charge in [-0.3, -0.25) is 0 Å². The molecule has 0 aliphatic heterocycles. The van der Waals surface area contributed by atoms with E-state index in [4.69, 9.17) is 5.73 Å². The Morgan fingerprint density at radius 3 is 2.72 bits per heavy atom. The molecule has 1 heterocycles. The molecule has 2 aromatic rings. The van der Waals surface area contributed by atoms with E-state index in [-0.39, 0.29) is 0 Å². The summed E-state index contributed by atoms with van der Waals surface area (Å²) in [5, 5.41) is 3.46. The Morgan fingerprint density at radius 1 is 1.28 bits per heavy atom. The van der Waals surface area contributed by atoms with Crippen LogP contribution in [-0.4, -0.2) is 11.5 Å². The smallest absolute Gasteiger partial charge is 0.0798 e. The van der Waals surface area contributed by atoms with Gasteiger partial charge in [0.15, 0.2) is 0 Å². The Morgan fingerprint density at radius 2 is 2.06 bits per heavy atom. The van der Waals surface area contributed by atoms with Gasteiger partial charge in [0.05, 0.1) is 11.2 Å². The zero-order valence-corrected chi connectivity index (χ0v) is 11.5. The van der Waals surface area contributed by atoms with Crippen LogP contribution in [0.2, 0.25) is 0 Å². The molecule has 0 radical (unpaired) electrons. The number of hydrogen-bond donors (Lipinski definition) is 2. The molecule has 0 atom stereocenters. The maximum Gasteiger partial charge on any atom is 0.0798 e. The van der Waals surface area contributed by atoms with E-state index in [1.165, 1.54) is 10.4 Å². The van der Waals surface area contributed by atoms with Crippen molar-refractivity contribution in [3.8, 4) is 0 Å². The Labute approximate surface area is 112 Å². The molecule has 0 saturated carbocycles. The molecule has 0 bridgehead atoms. The third kappa shape index (κ3) is 3.82. The van der Waals surface area contributed by atoms with Gasteiger partial charge in [0.1, 0.15) is 0 Å². The fraction of sp³-hybridized carbons (Fsp3) is 0.357. The molecule has 3 N–H and O–H groups in total. The molecular formula is C14H19N3S. The van der Waals surface area contributed by atoms with Crippen molar-refractivity contribution in [3.63, 3.8) is 0 Å². The molecule has 0 amide bonds. The fourth-order valence-electron chi connectivity index (χ4n) is 1.80. The molecular weight excluding hydrogens is 242 g/mol. The fourth-order valence-corrected chi connectivity index (χ4v) is 2.55. The van der Waals surface area contributed by atoms with Crippen molar-refractivity contribution in [1.29, 1.82) is 0 Å². The minimum absolute atomic E-state index is 0.831. The summed E-state index contributed by atoms with van der Waals surface area (Å²) >= 11 is 1.72. The van der Waals surface area contributed by atoms with Crippen LogP contribution in [-0.2, 0) is 13.0 Å². The highest BCUT2D eigenvalue weighted by Crippen LogP contribution is 2.11. The zero-order chi connectivity index (χ0) is 12.8. The molecule has 96 valence electrons. The second-order valence-corrected chi connectivity index (χ2v) is 5.32. The third-order valence-corrected chi connectivity index (χ3v) is 3.86. The van der Waals surface area contributed by atoms with E-state index >= 15 is 0 Å². The average Bonchev–Trinajstić information content (AvgIpc) is 2.77. The first-order valence-corrected chi connectivity index (χ1v) is 7.08. The van der Waals surface area contributed by atoms with E-state index in [2.05, 4.69) is 29.4 Å². The Kier molecular flexibility index (Phi) is 4.73. The number of benzene rings is 1. The summed E-state index contributed by atoms with van der Waals surface area (Å²) < 4.78 is 0. The minimum atomic E-state index is 0.831. The SMILES string of the molecule is Cc1ncsc1CNCCCc1ccc(N)cc1. The Bertz CT molecular complexity index is 476. The summed E-state index contributed by atoms with van der Waals surface area (Å²) in [5.41, 5.74) is 10.9. The lowest BCUT2D eigenvalue weighted by Gasteiger charge is -2.04. The number of nitrogens with two attached hydrogens (primary N) is 1. The summed E-state index contributed by atoms with van der Waals surface area (Å²) in [5.74, 6) is 0. The first kappa shape index (κ1) is 13.1. The van der Waals surface area contributed by atoms with Crippen LogP contribution < -0.4 is 11.1 Å². The van der Waals surface area contributed by atoms with Crippen LogP contribution in [0.1, 0.15) is 22.6 Å². The second-order valence-electron chi connectivity index (χ2n) is 4.38. The standard InChI is InChI=1S/C14H19N3S/c1-11-14(18-10-17-11)9-16-8-2-3-12-4-6-13(15)7-5-12/h4-7,10,16H,2-3,8-9,15H2,1H3. The van der Waals surface area contributed by atoms with Crippen molar-refractivity contribution in [1.82, 2.24) is 10.3 Å². The predicted octanol–water partition coefficient (Wildman–Crippen LogP) is 2.76. The lowest BCUT2D eigenvalue weighted by atomic mass is 10.1. The number of nitrogens with one attached hydrogen (secondary N) is 1. The lowest BCUT2D eigenvalue weighted by molar-refractivity contribution is 0.652. The van der Waals surface area contributed by atoms with E-state index in [1.807, 2.05) is 17.6 Å². The van der Waals surface area contributed by atoms with Crippen molar-refractivity contribution in [3.05, 3.63) is 45.9 Å². The molecule has 2 rings (SSSR count). The van der Waals surface area contributed by atoms with Crippen LogP contribution in [0.3, 0.4) is 0 Å². The predicted molar refractivity (Wildman–Crippen MR) is 77.7 cm³/mol. The van der Waals surface area contributed by atoms with Gasteiger partial charge in [-0.1, -0.05) is 12.1 Å². The largest absolute Gasteiger partial charge is 0.399 e. The number of nitrogen functional groups attached to an aromatic ring is 1. The third-order valence-electron chi connectivity index (χ3n) is 2.93. The topological polar surface area (TPSA) is 50.9 Å². The van der Waals surface area contributed by atoms with Gasteiger partial charge in [-0.05, 0) is 44.0 Å². The minimum Gasteiger partial charge on any atom is -0.399 e. The molecule has 0 spiro atoms. The van der Waals surface area contributed by atoms with Crippen LogP contribution in [0.5, 0.6) is 0 Å². The lowest BCUT2D eigenvalue weighted by Crippen LogP contribution is -2.15. The van der Waals surface area contributed by atoms with Crippen LogP contribution in [0.15, 0.2) is 29.8 Å². The summed E-state index contributed by atoms with van der Waals surface area (Å²) in [6.45, 7) is 4.02. The highest BCUT2D eigenvalue weighted by molar-refractivity contribution is 7.09. The van der Waals surface area contributed by atoms with Crippen LogP contribution in [0.4, 0.5) is 5.69 Å². The van der Waals surface area contributed by atoms with Crippen LogP contribution in [0, 0.1) is 6.92 Å². The van der Waals surface area contributed by atoms with Gasteiger partial charge in [0, 0.05) is 17.1 Å². The molecule has 0 fully saturated rings. The Balaban J connectivity index is 1.64. The summed E-state index contributed by atoms with van der Waals surface area (Å²) in [7, 11) is 0. The van der Waals surface area contributed by atoms with E-state index in [0.717, 1.165) is 37.3 Å². The molecule has 1 aromatic carbocycles. The number of hydrogen-bond acceptors (Lipinski definition) is 4. The van der Waals surface area contributed by atoms with Crippen molar-refractivity contribution in [2.45, 2.75) is 26.3 Å². The quantitative estimate of drug-likeness (QED) is 0.621. The number of anilines is 1. The van der Waals surface area contributed by atoms with Crippen molar-refractivity contribution in [2.24, 2.45) is 0 Å². The highest BCUT2D eigenvalue weighted by Gasteiger charge is 2.00. The molecule has 0 unspecified atom stereocenters. The van der Waals surface area contributed by atoms with E-state index in [1.54, 1.807) is 11.3 Å². The van der Waals surface area contributed by atoms with Gasteiger partial charge in [0.25, 0.3) is 0 Å². The van der Waals surface area contributed by atoms with Gasteiger partial charge >= 0.3 is 0 Å². The summed E-state index contributed by atoms with van der Waals surface area (Å²) in [6, 6.07) is 8.12. The molecule has 3 nitrogen and oxygen atoms in total. The van der Waals surface area contributed by atoms with Gasteiger partial charge in [0.2, 0.25) is 0 Å². The van der Waals surface area contributed by atoms with E-state index < -0.39 is 0 Å². The number of rotatable bonds is 6. The van der Waals surface area contributed by atoms with Gasteiger partial charge in [-0.15, -0.1) is 11.3 Å². The van der Waals surface area contributed by atoms with Crippen molar-refractivity contribution < 1.29 is 0 Å². The maximum atomic E-state index is 5.65. The number of aryl methyl sites for hydroxylation is 2. The highest BCUT2D eigenvalue weighted by atomic mass is 32.1. The van der Waals surface area contributed by atoms with Crippen LogP contribution in [0.25, 0.3) is 0 Å². The first-order valence-electron chi connectivity index (χ1n) is 6.20. The van der Waals surface area contributed by atoms with Gasteiger partial charge in [-0.2, -0.15) is 0 Å². The number of nitrogens with zero attached hydrogens (tertiary/aromatic N) is 1. The van der Waals surface area contributed by atoms with E-state index in [9.17, 15) is 0 Å². The maximum absolute atomic E-state index is 5.65. The normalized spacial score (nSPS) is 10.7. The zero-order valence-electron chi connectivity index (χ0n) is 10.6. The molecule has 0 saturated heterocycles. The first-order chi connectivity index (χ1) is 8.75. The average molecular weight is 261 g/mol. The summed E-state index contributed by atoms with van der Waals surface area (Å²) in [6.07, 6.45) is 2.23. The molecule has 18 heavy (non-hydrogen) atoms. The monoisotopic (exact) mass is 261 g/mol. The van der Waals surface area contributed by atoms with Crippen molar-refractivity contribution >= 4 is 17.0 Å². The molecule has 0 aliphatic carbocycles. The van der Waals surface area contributed by atoms with Gasteiger partial charge in [-0.25, -0.2) is 4.98 Å².